The predicted molar refractivity (Wildman–Crippen MR) is 111 cm³/mol. The fraction of sp³-hybridized carbons (Fsp3) is 0.0476. The molecule has 4 aromatic rings. The highest BCUT2D eigenvalue weighted by molar-refractivity contribution is 7.80. The summed E-state index contributed by atoms with van der Waals surface area (Å²) in [7, 11) is 0. The van der Waals surface area contributed by atoms with Crippen molar-refractivity contribution in [3.63, 3.8) is 0 Å². The van der Waals surface area contributed by atoms with Gasteiger partial charge in [0, 0.05) is 28.9 Å². The Balaban J connectivity index is 1.47. The molecule has 30 heavy (non-hydrogen) atoms. The zero-order chi connectivity index (χ0) is 21.3. The minimum Gasteiger partial charge on any atom is -0.332 e. The van der Waals surface area contributed by atoms with Gasteiger partial charge in [0.05, 0.1) is 18.4 Å². The molecule has 0 bridgehead atoms. The highest BCUT2D eigenvalue weighted by Gasteiger charge is 2.19. The maximum absolute atomic E-state index is 13.9. The number of hydrogen-bond donors (Lipinski definition) is 2. The smallest absolute Gasteiger partial charge is 0.194 e. The Bertz CT molecular complexity index is 1250. The Morgan fingerprint density at radius 1 is 0.933 bits per heavy atom. The molecule has 0 saturated heterocycles. The predicted octanol–water partition coefficient (Wildman–Crippen LogP) is 5.45. The van der Waals surface area contributed by atoms with Crippen LogP contribution < -0.4 is 10.6 Å². The lowest BCUT2D eigenvalue weighted by Crippen LogP contribution is -2.19. The first kappa shape index (κ1) is 19.8. The Morgan fingerprint density at radius 2 is 1.70 bits per heavy atom. The van der Waals surface area contributed by atoms with Crippen molar-refractivity contribution in [2.45, 2.75) is 6.54 Å². The lowest BCUT2D eigenvalue weighted by molar-refractivity contribution is 0.420. The second-order valence-electron chi connectivity index (χ2n) is 6.48. The number of fused-ring (bicyclic) bond motifs is 1. The number of nitrogens with zero attached hydrogens (tertiary/aromatic N) is 2. The monoisotopic (exact) mass is 430 g/mol. The van der Waals surface area contributed by atoms with E-state index < -0.39 is 35.4 Å². The molecule has 4 nitrogen and oxygen atoms in total. The van der Waals surface area contributed by atoms with E-state index in [1.54, 1.807) is 0 Å². The number of anilines is 2. The van der Waals surface area contributed by atoms with Gasteiger partial charge in [0.25, 0.3) is 0 Å². The molecule has 0 radical (unpaired) electrons. The summed E-state index contributed by atoms with van der Waals surface area (Å²) in [5.41, 5.74) is 0.639. The highest BCUT2D eigenvalue weighted by Crippen LogP contribution is 2.23. The molecule has 3 aromatic carbocycles. The van der Waals surface area contributed by atoms with Crippen LogP contribution in [0, 0.1) is 23.3 Å². The molecule has 0 fully saturated rings. The molecular weight excluding hydrogens is 416 g/mol. The second kappa shape index (κ2) is 8.11. The fourth-order valence-corrected chi connectivity index (χ4v) is 3.27. The lowest BCUT2D eigenvalue weighted by atomic mass is 10.1. The molecule has 0 aliphatic carbocycles. The third-order valence-corrected chi connectivity index (χ3v) is 4.66. The van der Waals surface area contributed by atoms with E-state index in [-0.39, 0.29) is 5.11 Å². The first-order valence-corrected chi connectivity index (χ1v) is 9.23. The Kier molecular flexibility index (Phi) is 5.37. The van der Waals surface area contributed by atoms with Gasteiger partial charge in [-0.05, 0) is 23.7 Å². The number of aromatic nitrogens is 2. The zero-order valence-corrected chi connectivity index (χ0v) is 16.1. The van der Waals surface area contributed by atoms with E-state index in [0.717, 1.165) is 16.5 Å². The molecule has 0 saturated carbocycles. The SMILES string of the molecule is Fc1cc(F)c(Cn2cc(NC(=S)Nc3cccc4ccccc34)cn2)c(F)c1F. The van der Waals surface area contributed by atoms with Crippen molar-refractivity contribution in [2.24, 2.45) is 0 Å². The number of rotatable bonds is 4. The third kappa shape index (κ3) is 3.97. The van der Waals surface area contributed by atoms with Gasteiger partial charge in [-0.15, -0.1) is 0 Å². The van der Waals surface area contributed by atoms with Crippen LogP contribution in [-0.2, 0) is 6.54 Å². The molecule has 0 spiro atoms. The normalized spacial score (nSPS) is 10.9. The summed E-state index contributed by atoms with van der Waals surface area (Å²) >= 11 is 5.32. The van der Waals surface area contributed by atoms with Gasteiger partial charge < -0.3 is 10.6 Å². The Labute approximate surface area is 174 Å². The third-order valence-electron chi connectivity index (χ3n) is 4.46. The van der Waals surface area contributed by atoms with E-state index in [2.05, 4.69) is 15.7 Å². The lowest BCUT2D eigenvalue weighted by Gasteiger charge is -2.11. The summed E-state index contributed by atoms with van der Waals surface area (Å²) in [6, 6.07) is 13.9. The van der Waals surface area contributed by atoms with Crippen LogP contribution in [0.25, 0.3) is 10.8 Å². The summed E-state index contributed by atoms with van der Waals surface area (Å²) in [5, 5.41) is 12.3. The van der Waals surface area contributed by atoms with Gasteiger partial charge in [-0.3, -0.25) is 4.68 Å². The van der Waals surface area contributed by atoms with Crippen molar-refractivity contribution in [2.75, 3.05) is 10.6 Å². The van der Waals surface area contributed by atoms with Crippen LogP contribution in [-0.4, -0.2) is 14.9 Å². The zero-order valence-electron chi connectivity index (χ0n) is 15.3. The van der Waals surface area contributed by atoms with Crippen LogP contribution in [0.2, 0.25) is 0 Å². The molecule has 0 amide bonds. The van der Waals surface area contributed by atoms with Crippen molar-refractivity contribution >= 4 is 39.5 Å². The topological polar surface area (TPSA) is 41.9 Å². The summed E-state index contributed by atoms with van der Waals surface area (Å²) in [4.78, 5) is 0. The average Bonchev–Trinajstić information content (AvgIpc) is 3.16. The van der Waals surface area contributed by atoms with E-state index in [1.165, 1.54) is 17.1 Å². The quantitative estimate of drug-likeness (QED) is 0.196. The number of hydrogen-bond acceptors (Lipinski definition) is 2. The average molecular weight is 430 g/mol. The minimum absolute atomic E-state index is 0.288. The van der Waals surface area contributed by atoms with Gasteiger partial charge in [0.15, 0.2) is 22.6 Å². The minimum atomic E-state index is -1.72. The Hall–Kier alpha value is -3.46. The Morgan fingerprint density at radius 3 is 2.53 bits per heavy atom. The molecule has 0 aliphatic rings. The number of halogens is 4. The van der Waals surface area contributed by atoms with Gasteiger partial charge in [0.2, 0.25) is 0 Å². The molecule has 0 aliphatic heterocycles. The molecule has 1 aromatic heterocycles. The second-order valence-corrected chi connectivity index (χ2v) is 6.89. The molecule has 1 heterocycles. The maximum atomic E-state index is 13.9. The van der Waals surface area contributed by atoms with Crippen LogP contribution in [0.15, 0.2) is 60.9 Å². The van der Waals surface area contributed by atoms with Gasteiger partial charge in [-0.2, -0.15) is 5.10 Å². The summed E-state index contributed by atoms with van der Waals surface area (Å²) in [6.07, 6.45) is 2.84. The number of nitrogens with one attached hydrogen (secondary N) is 2. The standard InChI is InChI=1S/C21H14F4N4S/c22-16-8-17(23)20(25)19(24)15(16)11-29-10-13(9-26-29)27-21(30)28-18-7-3-5-12-4-1-2-6-14(12)18/h1-10H,11H2,(H2,27,28,30). The first-order valence-electron chi connectivity index (χ1n) is 8.82. The van der Waals surface area contributed by atoms with E-state index in [1.807, 2.05) is 42.5 Å². The largest absolute Gasteiger partial charge is 0.332 e. The van der Waals surface area contributed by atoms with Crippen molar-refractivity contribution in [1.29, 1.82) is 0 Å². The van der Waals surface area contributed by atoms with Crippen molar-refractivity contribution < 1.29 is 17.6 Å². The summed E-state index contributed by atoms with van der Waals surface area (Å²) < 4.78 is 55.3. The van der Waals surface area contributed by atoms with Crippen LogP contribution in [0.3, 0.4) is 0 Å². The molecule has 9 heteroatoms. The first-order chi connectivity index (χ1) is 14.4. The molecule has 4 rings (SSSR count). The van der Waals surface area contributed by atoms with Crippen molar-refractivity contribution in [1.82, 2.24) is 9.78 Å². The van der Waals surface area contributed by atoms with Crippen LogP contribution >= 0.6 is 12.2 Å². The van der Waals surface area contributed by atoms with Gasteiger partial charge in [0.1, 0.15) is 5.82 Å². The van der Waals surface area contributed by atoms with Crippen LogP contribution in [0.4, 0.5) is 28.9 Å². The molecular formula is C21H14F4N4S. The number of thiocarbonyl (C=S) groups is 1. The summed E-state index contributed by atoms with van der Waals surface area (Å²) in [6.45, 7) is -0.417. The molecule has 0 unspecified atom stereocenters. The molecule has 0 atom stereocenters. The van der Waals surface area contributed by atoms with Crippen molar-refractivity contribution in [3.05, 3.63) is 89.8 Å². The van der Waals surface area contributed by atoms with Crippen LogP contribution in [0.1, 0.15) is 5.56 Å². The molecule has 2 N–H and O–H groups in total. The summed E-state index contributed by atoms with van der Waals surface area (Å²) in [5.74, 6) is -6.07. The van der Waals surface area contributed by atoms with Gasteiger partial charge in [-0.1, -0.05) is 36.4 Å². The van der Waals surface area contributed by atoms with E-state index >= 15 is 0 Å². The van der Waals surface area contributed by atoms with Crippen molar-refractivity contribution in [3.8, 4) is 0 Å². The highest BCUT2D eigenvalue weighted by atomic mass is 32.1. The fourth-order valence-electron chi connectivity index (χ4n) is 3.04. The number of benzene rings is 3. The van der Waals surface area contributed by atoms with Gasteiger partial charge in [-0.25, -0.2) is 17.6 Å². The van der Waals surface area contributed by atoms with E-state index in [4.69, 9.17) is 12.2 Å². The molecule has 152 valence electrons. The van der Waals surface area contributed by atoms with E-state index in [0.29, 0.717) is 11.8 Å². The maximum Gasteiger partial charge on any atom is 0.194 e. The van der Waals surface area contributed by atoms with Gasteiger partial charge >= 0.3 is 0 Å². The van der Waals surface area contributed by atoms with Crippen LogP contribution in [0.5, 0.6) is 0 Å². The van der Waals surface area contributed by atoms with E-state index in [9.17, 15) is 17.6 Å².